The molecule has 0 amide bonds. The van der Waals surface area contributed by atoms with Gasteiger partial charge in [0.15, 0.2) is 0 Å². The number of rotatable bonds is 0. The van der Waals surface area contributed by atoms with Gasteiger partial charge in [0.25, 0.3) is 0 Å². The van der Waals surface area contributed by atoms with Gasteiger partial charge in [0.05, 0.1) is 0 Å². The Bertz CT molecular complexity index is 90.8. The van der Waals surface area contributed by atoms with Gasteiger partial charge in [-0.1, -0.05) is 0 Å². The first-order valence-corrected chi connectivity index (χ1v) is 10.3. The van der Waals surface area contributed by atoms with E-state index in [0.29, 0.717) is 0 Å². The Kier molecular flexibility index (Phi) is 1.81. The first-order valence-electron chi connectivity index (χ1n) is 0.642. The summed E-state index contributed by atoms with van der Waals surface area (Å²) in [5, 5.41) is 0. The minimum atomic E-state index is -4.72. The topological polar surface area (TPSA) is 34.1 Å². The van der Waals surface area contributed by atoms with Gasteiger partial charge in [-0.15, -0.1) is 0 Å². The molecule has 0 aromatic rings. The van der Waals surface area contributed by atoms with Gasteiger partial charge < -0.3 is 0 Å². The predicted octanol–water partition coefficient (Wildman–Crippen LogP) is 1.14. The van der Waals surface area contributed by atoms with Crippen molar-refractivity contribution in [1.82, 2.24) is 0 Å². The van der Waals surface area contributed by atoms with Crippen LogP contribution in [-0.4, -0.2) is 0 Å². The molecule has 0 saturated heterocycles. The average Bonchev–Trinajstić information content (AvgIpc) is 0.722. The van der Waals surface area contributed by atoms with Crippen molar-refractivity contribution in [3.05, 3.63) is 0 Å². The summed E-state index contributed by atoms with van der Waals surface area (Å²) in [6.07, 6.45) is 0. The third-order valence-electron chi connectivity index (χ3n) is 0. The van der Waals surface area contributed by atoms with E-state index in [9.17, 15) is 6.80 Å². The third-order valence-corrected chi connectivity index (χ3v) is 0. The molecule has 0 fully saturated rings. The van der Waals surface area contributed by atoms with Crippen molar-refractivity contribution >= 4 is 18.8 Å². The van der Waals surface area contributed by atoms with Gasteiger partial charge in [-0.3, -0.25) is 0 Å². The first kappa shape index (κ1) is 5.87. The van der Waals surface area contributed by atoms with Gasteiger partial charge in [-0.05, 0) is 0 Å². The average molecular weight is 287 g/mol. The van der Waals surface area contributed by atoms with Crippen LogP contribution in [-0.2, 0) is 20.7 Å². The monoisotopic (exact) mass is 286 g/mol. The molecule has 0 radical (unpaired) electrons. The van der Waals surface area contributed by atoms with E-state index >= 15 is 0 Å². The fourth-order valence-electron chi connectivity index (χ4n) is 0. The Hall–Kier alpha value is 0.868. The molecule has 0 aliphatic carbocycles. The number of hydrogen-bond acceptors (Lipinski definition) is 2. The maximum absolute atomic E-state index is 9.29. The molecule has 0 spiro atoms. The molecule has 0 aliphatic heterocycles. The molecular weight excluding hydrogens is 287 g/mol. The van der Waals surface area contributed by atoms with Crippen LogP contribution in [0.3, 0.4) is 0 Å². The fraction of sp³-hybridized carbons (Fsp3) is 0. The molecule has 0 saturated carbocycles. The van der Waals surface area contributed by atoms with Gasteiger partial charge >= 0.3 is 39.5 Å². The molecule has 0 aromatic carbocycles. The van der Waals surface area contributed by atoms with Gasteiger partial charge in [-0.25, -0.2) is 0 Å². The summed E-state index contributed by atoms with van der Waals surface area (Å²) in [6.45, 7) is 0. The predicted molar refractivity (Wildman–Crippen MR) is 13.1 cm³/mol. The number of halogens is 2. The van der Waals surface area contributed by atoms with Gasteiger partial charge in [-0.2, -0.15) is 0 Å². The van der Waals surface area contributed by atoms with Gasteiger partial charge in [0, 0.05) is 0 Å². The standard InChI is InChI=1S/2ClH.2O.W/h2*1H;;;/q;;;;+2/p-2. The summed E-state index contributed by atoms with van der Waals surface area (Å²) >= 11 is -4.72. The number of hydrogen-bond donors (Lipinski definition) is 0. The zero-order valence-electron chi connectivity index (χ0n) is 1.98. The Morgan fingerprint density at radius 2 is 1.20 bits per heavy atom. The second-order valence-corrected chi connectivity index (χ2v) is 11.0. The van der Waals surface area contributed by atoms with Crippen LogP contribution in [0.4, 0.5) is 0 Å². The van der Waals surface area contributed by atoms with E-state index in [-0.39, 0.29) is 0 Å². The van der Waals surface area contributed by atoms with Crippen molar-refractivity contribution in [1.29, 1.82) is 0 Å². The molecule has 0 bridgehead atoms. The summed E-state index contributed by atoms with van der Waals surface area (Å²) in [5.74, 6) is 0. The molecule has 0 heterocycles. The zero-order chi connectivity index (χ0) is 4.50. The van der Waals surface area contributed by atoms with Crippen LogP contribution < -0.4 is 0 Å². The second kappa shape index (κ2) is 1.54. The van der Waals surface area contributed by atoms with Crippen molar-refractivity contribution in [2.24, 2.45) is 0 Å². The van der Waals surface area contributed by atoms with Gasteiger partial charge in [0.1, 0.15) is 0 Å². The third kappa shape index (κ3) is 53.1. The van der Waals surface area contributed by atoms with Crippen molar-refractivity contribution < 1.29 is 20.7 Å². The molecule has 5 heteroatoms. The second-order valence-electron chi connectivity index (χ2n) is 0.378. The molecule has 32 valence electrons. The van der Waals surface area contributed by atoms with E-state index in [1.54, 1.807) is 0 Å². The van der Waals surface area contributed by atoms with Crippen LogP contribution in [0.2, 0.25) is 0 Å². The van der Waals surface area contributed by atoms with Crippen LogP contribution >= 0.6 is 18.8 Å². The molecule has 0 rings (SSSR count). The first-order chi connectivity index (χ1) is 2.00. The Labute approximate surface area is 39.7 Å². The molecule has 0 unspecified atom stereocenters. The molecule has 0 atom stereocenters. The molecule has 0 aliphatic rings. The fourth-order valence-corrected chi connectivity index (χ4v) is 0. The van der Waals surface area contributed by atoms with Crippen molar-refractivity contribution in [2.75, 3.05) is 0 Å². The molecule has 0 aromatic heterocycles. The summed E-state index contributed by atoms with van der Waals surface area (Å²) in [5.41, 5.74) is 0. The molecule has 2 nitrogen and oxygen atoms in total. The van der Waals surface area contributed by atoms with Gasteiger partial charge in [0.2, 0.25) is 0 Å². The van der Waals surface area contributed by atoms with Crippen molar-refractivity contribution in [3.63, 3.8) is 0 Å². The van der Waals surface area contributed by atoms with Crippen LogP contribution in [0.5, 0.6) is 0 Å². The van der Waals surface area contributed by atoms with E-state index in [1.165, 1.54) is 0 Å². The molecular formula is Cl2O2W. The summed E-state index contributed by atoms with van der Waals surface area (Å²) in [4.78, 5) is 0. The van der Waals surface area contributed by atoms with Crippen LogP contribution in [0, 0.1) is 0 Å². The maximum atomic E-state index is 9.29. The van der Waals surface area contributed by atoms with E-state index in [2.05, 4.69) is 18.8 Å². The summed E-state index contributed by atoms with van der Waals surface area (Å²) < 4.78 is 18.6. The Balaban J connectivity index is 4.06. The minimum absolute atomic E-state index is 4.39. The van der Waals surface area contributed by atoms with Crippen LogP contribution in [0.25, 0.3) is 0 Å². The van der Waals surface area contributed by atoms with Crippen molar-refractivity contribution in [3.8, 4) is 0 Å². The normalized spacial score (nSPS) is 11.6. The van der Waals surface area contributed by atoms with E-state index in [4.69, 9.17) is 0 Å². The summed E-state index contributed by atoms with van der Waals surface area (Å²) in [7, 11) is 8.79. The Morgan fingerprint density at radius 1 is 1.20 bits per heavy atom. The van der Waals surface area contributed by atoms with Crippen LogP contribution in [0.1, 0.15) is 0 Å². The SMILES string of the molecule is [O]=[W](=[O])([Cl])[Cl]. The molecule has 5 heavy (non-hydrogen) atoms. The summed E-state index contributed by atoms with van der Waals surface area (Å²) in [6, 6.07) is 0. The van der Waals surface area contributed by atoms with Crippen LogP contribution in [0.15, 0.2) is 0 Å². The van der Waals surface area contributed by atoms with E-state index in [1.807, 2.05) is 0 Å². The molecule has 0 N–H and O–H groups in total. The van der Waals surface area contributed by atoms with Crippen molar-refractivity contribution in [2.45, 2.75) is 0 Å². The zero-order valence-corrected chi connectivity index (χ0v) is 6.43. The quantitative estimate of drug-likeness (QED) is 0.669. The van der Waals surface area contributed by atoms with E-state index < -0.39 is 13.9 Å². The Morgan fingerprint density at radius 3 is 1.20 bits per heavy atom. The van der Waals surface area contributed by atoms with E-state index in [0.717, 1.165) is 0 Å².